The van der Waals surface area contributed by atoms with E-state index in [4.69, 9.17) is 9.72 Å². The van der Waals surface area contributed by atoms with Gasteiger partial charge in [0.15, 0.2) is 5.82 Å². The minimum Gasteiger partial charge on any atom is -0.496 e. The predicted octanol–water partition coefficient (Wildman–Crippen LogP) is 4.01. The first kappa shape index (κ1) is 22.8. The average Bonchev–Trinajstić information content (AvgIpc) is 2.91. The number of amides is 2. The second-order valence-corrected chi connectivity index (χ2v) is 8.84. The van der Waals surface area contributed by atoms with Gasteiger partial charge in [-0.1, -0.05) is 6.07 Å². The Bertz CT molecular complexity index is 1120. The van der Waals surface area contributed by atoms with Crippen molar-refractivity contribution in [3.63, 3.8) is 0 Å². The average molecular weight is 449 g/mol. The van der Waals surface area contributed by atoms with Crippen molar-refractivity contribution >= 4 is 23.3 Å². The first-order valence-electron chi connectivity index (χ1n) is 11.5. The van der Waals surface area contributed by atoms with Gasteiger partial charge in [-0.05, 0) is 57.4 Å². The van der Waals surface area contributed by atoms with Crippen molar-refractivity contribution < 1.29 is 14.3 Å². The number of piperidine rings is 1. The molecule has 4 rings (SSSR count). The third kappa shape index (κ3) is 4.32. The van der Waals surface area contributed by atoms with Gasteiger partial charge in [0, 0.05) is 61.7 Å². The minimum atomic E-state index is -0.0247. The van der Waals surface area contributed by atoms with Crippen LogP contribution >= 0.6 is 0 Å². The van der Waals surface area contributed by atoms with Gasteiger partial charge in [-0.15, -0.1) is 0 Å². The van der Waals surface area contributed by atoms with Crippen molar-refractivity contribution in [2.75, 3.05) is 44.1 Å². The monoisotopic (exact) mass is 448 g/mol. The highest BCUT2D eigenvalue weighted by molar-refractivity contribution is 6.08. The zero-order chi connectivity index (χ0) is 23.7. The topological polar surface area (TPSA) is 66.0 Å². The quantitative estimate of drug-likeness (QED) is 0.707. The highest BCUT2D eigenvalue weighted by Gasteiger charge is 2.27. The Labute approximate surface area is 195 Å². The molecule has 0 atom stereocenters. The number of rotatable bonds is 4. The van der Waals surface area contributed by atoms with Crippen molar-refractivity contribution in [1.29, 1.82) is 0 Å². The molecule has 3 heterocycles. The fraction of sp³-hybridized carbons (Fsp3) is 0.423. The van der Waals surface area contributed by atoms with Gasteiger partial charge in [-0.3, -0.25) is 9.59 Å². The van der Waals surface area contributed by atoms with Crippen LogP contribution in [0, 0.1) is 0 Å². The number of methoxy groups -OCH3 is 1. The molecule has 7 nitrogen and oxygen atoms in total. The maximum Gasteiger partial charge on any atom is 0.255 e. The van der Waals surface area contributed by atoms with Crippen molar-refractivity contribution in [3.05, 3.63) is 58.4 Å². The van der Waals surface area contributed by atoms with Gasteiger partial charge >= 0.3 is 0 Å². The Morgan fingerprint density at radius 2 is 1.76 bits per heavy atom. The van der Waals surface area contributed by atoms with Gasteiger partial charge < -0.3 is 19.4 Å². The third-order valence-corrected chi connectivity index (χ3v) is 6.81. The molecule has 174 valence electrons. The van der Waals surface area contributed by atoms with Crippen molar-refractivity contribution in [1.82, 2.24) is 9.88 Å². The number of aromatic nitrogens is 1. The van der Waals surface area contributed by atoms with E-state index in [2.05, 4.69) is 0 Å². The van der Waals surface area contributed by atoms with Gasteiger partial charge in [0.05, 0.1) is 12.8 Å². The highest BCUT2D eigenvalue weighted by atomic mass is 16.5. The molecule has 0 bridgehead atoms. The van der Waals surface area contributed by atoms with Crippen LogP contribution in [0.3, 0.4) is 0 Å². The summed E-state index contributed by atoms with van der Waals surface area (Å²) >= 11 is 0. The number of carbonyl (C=O) groups is 2. The van der Waals surface area contributed by atoms with Crippen LogP contribution in [-0.4, -0.2) is 56.0 Å². The number of ether oxygens (including phenoxy) is 1. The van der Waals surface area contributed by atoms with Crippen LogP contribution in [0.15, 0.2) is 41.6 Å². The summed E-state index contributed by atoms with van der Waals surface area (Å²) in [5.41, 5.74) is 4.84. The second-order valence-electron chi connectivity index (χ2n) is 8.84. The summed E-state index contributed by atoms with van der Waals surface area (Å²) in [5, 5.41) is 0. The van der Waals surface area contributed by atoms with Crippen molar-refractivity contribution in [2.24, 2.45) is 0 Å². The molecule has 1 aromatic carbocycles. The van der Waals surface area contributed by atoms with Gasteiger partial charge in [-0.2, -0.15) is 0 Å². The van der Waals surface area contributed by atoms with E-state index in [9.17, 15) is 9.59 Å². The lowest BCUT2D eigenvalue weighted by Gasteiger charge is -2.27. The fourth-order valence-electron chi connectivity index (χ4n) is 4.51. The summed E-state index contributed by atoms with van der Waals surface area (Å²) in [6.07, 6.45) is 3.87. The summed E-state index contributed by atoms with van der Waals surface area (Å²) in [6, 6.07) is 9.56. The molecule has 7 heteroatoms. The van der Waals surface area contributed by atoms with Gasteiger partial charge in [0.25, 0.3) is 11.8 Å². The Morgan fingerprint density at radius 1 is 1.03 bits per heavy atom. The first-order chi connectivity index (χ1) is 15.8. The molecule has 2 aromatic rings. The Kier molecular flexibility index (Phi) is 6.40. The molecule has 2 aliphatic heterocycles. The number of carbonyl (C=O) groups excluding carboxylic acids is 2. The number of nitrogens with zero attached hydrogens (tertiary/aromatic N) is 4. The smallest absolute Gasteiger partial charge is 0.255 e. The molecule has 0 saturated carbocycles. The summed E-state index contributed by atoms with van der Waals surface area (Å²) in [5.74, 6) is 1.47. The van der Waals surface area contributed by atoms with E-state index < -0.39 is 0 Å². The summed E-state index contributed by atoms with van der Waals surface area (Å²) in [7, 11) is 5.34. The second kappa shape index (κ2) is 9.25. The zero-order valence-corrected chi connectivity index (χ0v) is 20.1. The number of fused-ring (bicyclic) bond motifs is 1. The molecule has 1 fully saturated rings. The van der Waals surface area contributed by atoms with Crippen molar-refractivity contribution in [2.45, 2.75) is 39.5 Å². The van der Waals surface area contributed by atoms with Gasteiger partial charge in [0.2, 0.25) is 0 Å². The fourth-order valence-corrected chi connectivity index (χ4v) is 4.51. The lowest BCUT2D eigenvalue weighted by atomic mass is 10.0. The lowest BCUT2D eigenvalue weighted by molar-refractivity contribution is -0.114. The molecule has 1 saturated heterocycles. The Balaban J connectivity index is 1.62. The van der Waals surface area contributed by atoms with Gasteiger partial charge in [0.1, 0.15) is 5.75 Å². The minimum absolute atomic E-state index is 0.0247. The molecule has 0 unspecified atom stereocenters. The summed E-state index contributed by atoms with van der Waals surface area (Å²) < 4.78 is 5.64. The zero-order valence-electron chi connectivity index (χ0n) is 20.1. The van der Waals surface area contributed by atoms with Crippen LogP contribution in [0.4, 0.5) is 11.5 Å². The van der Waals surface area contributed by atoms with Crippen LogP contribution in [0.1, 0.15) is 54.7 Å². The molecule has 1 aromatic heterocycles. The molecular formula is C26H32N4O3. The molecular weight excluding hydrogens is 416 g/mol. The largest absolute Gasteiger partial charge is 0.496 e. The number of anilines is 2. The molecule has 0 spiro atoms. The van der Waals surface area contributed by atoms with E-state index in [0.717, 1.165) is 54.4 Å². The molecule has 2 aliphatic rings. The third-order valence-electron chi connectivity index (χ3n) is 6.81. The van der Waals surface area contributed by atoms with Crippen LogP contribution in [0.25, 0.3) is 0 Å². The van der Waals surface area contributed by atoms with Crippen LogP contribution < -0.4 is 14.5 Å². The number of allylic oxidation sites excluding steroid dienone is 1. The van der Waals surface area contributed by atoms with E-state index >= 15 is 0 Å². The van der Waals surface area contributed by atoms with E-state index in [1.807, 2.05) is 61.0 Å². The summed E-state index contributed by atoms with van der Waals surface area (Å²) in [4.78, 5) is 36.0. The van der Waals surface area contributed by atoms with Gasteiger partial charge in [-0.25, -0.2) is 4.98 Å². The Hall–Kier alpha value is -3.35. The van der Waals surface area contributed by atoms with Crippen LogP contribution in [0.5, 0.6) is 5.75 Å². The molecule has 0 radical (unpaired) electrons. The van der Waals surface area contributed by atoms with Crippen molar-refractivity contribution in [3.8, 4) is 5.75 Å². The lowest BCUT2D eigenvalue weighted by Crippen LogP contribution is -2.35. The number of hydrogen-bond acceptors (Lipinski definition) is 5. The van der Waals surface area contributed by atoms with Crippen LogP contribution in [-0.2, 0) is 11.2 Å². The maximum absolute atomic E-state index is 12.9. The predicted molar refractivity (Wildman–Crippen MR) is 130 cm³/mol. The van der Waals surface area contributed by atoms with Crippen LogP contribution in [0.2, 0.25) is 0 Å². The maximum atomic E-state index is 12.9. The normalized spacial score (nSPS) is 16.6. The number of benzene rings is 1. The highest BCUT2D eigenvalue weighted by Crippen LogP contribution is 2.34. The number of pyridine rings is 1. The molecule has 2 amide bonds. The Morgan fingerprint density at radius 3 is 2.45 bits per heavy atom. The summed E-state index contributed by atoms with van der Waals surface area (Å²) in [6.45, 7) is 5.42. The SMILES string of the molecule is COc1cc(C(=O)N2CCCCC2)ccc1Cc1ccc2c(n1)N(C)C(C)=C(C)C(=O)N2C. The number of hydrogen-bond donors (Lipinski definition) is 0. The van der Waals surface area contributed by atoms with E-state index in [1.54, 1.807) is 19.1 Å². The van der Waals surface area contributed by atoms with E-state index in [-0.39, 0.29) is 11.8 Å². The molecule has 0 aliphatic carbocycles. The molecule has 0 N–H and O–H groups in total. The van der Waals surface area contributed by atoms with E-state index in [0.29, 0.717) is 23.3 Å². The standard InChI is InChI=1S/C26H32N4O3/c1-17-18(2)28(3)24-22(29(4)25(17)31)12-11-21(27-24)15-19-9-10-20(16-23(19)33-5)26(32)30-13-7-6-8-14-30/h9-12,16H,6-8,13-15H2,1-5H3. The number of likely N-dealkylation sites (N-methyl/N-ethyl adjacent to an activating group) is 1. The number of likely N-dealkylation sites (tertiary alicyclic amines) is 1. The first-order valence-corrected chi connectivity index (χ1v) is 11.5. The van der Waals surface area contributed by atoms with E-state index in [1.165, 1.54) is 6.42 Å². The molecule has 33 heavy (non-hydrogen) atoms.